The number of carbonyl (C=O) groups excluding carboxylic acids is 3. The number of ether oxygens (including phenoxy) is 6. The summed E-state index contributed by atoms with van der Waals surface area (Å²) in [4.78, 5) is 41.1. The van der Waals surface area contributed by atoms with Crippen LogP contribution in [0.25, 0.3) is 0 Å². The second-order valence-corrected chi connectivity index (χ2v) is 16.6. The highest BCUT2D eigenvalue weighted by Gasteiger charge is 3.02. The molecule has 13 atom stereocenters. The molecule has 13 unspecified atom stereocenters. The quantitative estimate of drug-likeness (QED) is 0.307. The summed E-state index contributed by atoms with van der Waals surface area (Å²) in [6.07, 6.45) is 2.03. The lowest BCUT2D eigenvalue weighted by atomic mass is 9.35. The number of rotatable bonds is 7. The van der Waals surface area contributed by atoms with Crippen molar-refractivity contribution in [3.8, 4) is 0 Å². The molecule has 1 aromatic heterocycles. The molecule has 9 rings (SSSR count). The fourth-order valence-electron chi connectivity index (χ4n) is 12.4. The van der Waals surface area contributed by atoms with Gasteiger partial charge in [0, 0.05) is 40.2 Å². The van der Waals surface area contributed by atoms with E-state index in [9.17, 15) is 24.6 Å². The zero-order valence-corrected chi connectivity index (χ0v) is 29.6. The summed E-state index contributed by atoms with van der Waals surface area (Å²) in [5.41, 5.74) is -9.56. The van der Waals surface area contributed by atoms with Gasteiger partial charge >= 0.3 is 17.9 Å². The average molecular weight is 705 g/mol. The second-order valence-electron chi connectivity index (χ2n) is 16.6. The van der Waals surface area contributed by atoms with E-state index in [1.54, 1.807) is 42.7 Å². The molecule has 0 radical (unpaired) electrons. The Hall–Kier alpha value is -3.55. The van der Waals surface area contributed by atoms with Crippen LogP contribution < -0.4 is 0 Å². The standard InChI is InChI=1S/C39H44O12/c1-7-21(2)39-49-31-37(44)30(48-29(42)22-11-9-8-10-12-22)33(4)20-35(37,43)34(5,24(33)17-26(40)45-6)36(50-39)15-14-32(3)25(38(31,36)51-39)18-27(41)47-28(32)23-13-16-46-19-23/h8-13,16,18-19,21,24,28,30-31,43-44H,7,14-15,17,20H2,1-6H3. The van der Waals surface area contributed by atoms with Gasteiger partial charge in [0.2, 0.25) is 0 Å². The molecule has 6 fully saturated rings. The maximum absolute atomic E-state index is 14.0. The number of hydrogen-bond donors (Lipinski definition) is 2. The fraction of sp³-hybridized carbons (Fsp3) is 0.615. The van der Waals surface area contributed by atoms with Crippen LogP contribution in [0.4, 0.5) is 0 Å². The van der Waals surface area contributed by atoms with Crippen LogP contribution in [0, 0.1) is 28.1 Å². The highest BCUT2D eigenvalue weighted by molar-refractivity contribution is 5.90. The predicted octanol–water partition coefficient (Wildman–Crippen LogP) is 4.54. The molecular weight excluding hydrogens is 660 g/mol. The Labute approximate surface area is 295 Å². The molecule has 51 heavy (non-hydrogen) atoms. The zero-order chi connectivity index (χ0) is 36.2. The van der Waals surface area contributed by atoms with Crippen molar-refractivity contribution in [1.29, 1.82) is 0 Å². The molecule has 12 nitrogen and oxygen atoms in total. The Balaban J connectivity index is 1.33. The minimum absolute atomic E-state index is 0.0330. The normalized spacial score (nSPS) is 48.7. The van der Waals surface area contributed by atoms with Crippen molar-refractivity contribution in [2.24, 2.45) is 28.1 Å². The summed E-state index contributed by atoms with van der Waals surface area (Å²) in [7, 11) is 1.30. The molecule has 7 aliphatic rings. The van der Waals surface area contributed by atoms with Crippen molar-refractivity contribution in [3.05, 3.63) is 71.7 Å². The number of furan rings is 1. The molecule has 4 saturated carbocycles. The first kappa shape index (κ1) is 33.3. The average Bonchev–Trinajstić information content (AvgIpc) is 3.91. The molecule has 12 heteroatoms. The van der Waals surface area contributed by atoms with Crippen molar-refractivity contribution in [3.63, 3.8) is 0 Å². The van der Waals surface area contributed by atoms with E-state index in [0.29, 0.717) is 30.4 Å². The summed E-state index contributed by atoms with van der Waals surface area (Å²) in [6, 6.07) is 10.2. The Morgan fingerprint density at radius 3 is 2.47 bits per heavy atom. The number of carbonyl (C=O) groups is 3. The van der Waals surface area contributed by atoms with Crippen molar-refractivity contribution < 1.29 is 57.4 Å². The first-order valence-electron chi connectivity index (χ1n) is 17.9. The molecule has 1 spiro atoms. The number of fused-ring (bicyclic) bond motifs is 4. The fourth-order valence-corrected chi connectivity index (χ4v) is 12.4. The van der Waals surface area contributed by atoms with Gasteiger partial charge in [-0.1, -0.05) is 52.8 Å². The van der Waals surface area contributed by atoms with Crippen LogP contribution in [0.5, 0.6) is 0 Å². The minimum atomic E-state index is -2.30. The molecule has 0 amide bonds. The smallest absolute Gasteiger partial charge is 0.338 e. The summed E-state index contributed by atoms with van der Waals surface area (Å²) in [6.45, 7) is 9.59. The third kappa shape index (κ3) is 3.35. The lowest BCUT2D eigenvalue weighted by Crippen LogP contribution is -2.92. The molecule has 2 N–H and O–H groups in total. The van der Waals surface area contributed by atoms with Gasteiger partial charge in [-0.2, -0.15) is 0 Å². The van der Waals surface area contributed by atoms with E-state index in [4.69, 9.17) is 32.8 Å². The molecule has 2 saturated heterocycles. The van der Waals surface area contributed by atoms with Gasteiger partial charge in [-0.05, 0) is 55.4 Å². The second kappa shape index (κ2) is 9.90. The first-order chi connectivity index (χ1) is 24.1. The number of aliphatic hydroxyl groups is 2. The van der Waals surface area contributed by atoms with Crippen LogP contribution in [0.15, 0.2) is 65.0 Å². The van der Waals surface area contributed by atoms with Crippen molar-refractivity contribution in [2.45, 2.75) is 113 Å². The monoisotopic (exact) mass is 704 g/mol. The van der Waals surface area contributed by atoms with Gasteiger partial charge in [0.05, 0.1) is 25.2 Å². The Morgan fingerprint density at radius 1 is 1.06 bits per heavy atom. The number of benzene rings is 1. The van der Waals surface area contributed by atoms with Gasteiger partial charge in [0.25, 0.3) is 5.97 Å². The molecule has 4 bridgehead atoms. The van der Waals surface area contributed by atoms with E-state index < -0.39 is 86.8 Å². The lowest BCUT2D eigenvalue weighted by Gasteiger charge is -2.75. The van der Waals surface area contributed by atoms with Gasteiger partial charge in [-0.25, -0.2) is 9.59 Å². The van der Waals surface area contributed by atoms with Crippen LogP contribution >= 0.6 is 0 Å². The lowest BCUT2D eigenvalue weighted by molar-refractivity contribution is -0.455. The Kier molecular flexibility index (Phi) is 6.46. The molecule has 4 aliphatic carbocycles. The van der Waals surface area contributed by atoms with E-state index in [-0.39, 0.29) is 24.3 Å². The van der Waals surface area contributed by atoms with Crippen LogP contribution in [0.3, 0.4) is 0 Å². The Morgan fingerprint density at radius 2 is 1.80 bits per heavy atom. The van der Waals surface area contributed by atoms with E-state index >= 15 is 0 Å². The van der Waals surface area contributed by atoms with Crippen LogP contribution in [0.2, 0.25) is 0 Å². The third-order valence-electron chi connectivity index (χ3n) is 14.7. The van der Waals surface area contributed by atoms with Crippen molar-refractivity contribution in [1.82, 2.24) is 0 Å². The summed E-state index contributed by atoms with van der Waals surface area (Å²) >= 11 is 0. The van der Waals surface area contributed by atoms with E-state index in [2.05, 4.69) is 0 Å². The molecule has 3 aliphatic heterocycles. The predicted molar refractivity (Wildman–Crippen MR) is 174 cm³/mol. The van der Waals surface area contributed by atoms with E-state index in [1.807, 2.05) is 34.6 Å². The molecule has 4 heterocycles. The SMILES string of the molecule is CCC(C)C12OC3C4(O1)C1=CC(=O)OC(c5ccoc5)C1(C)CCC4(O2)C1(C)C(CC(=O)OC)C2(C)CC1(O)C3(O)C2OC(=O)c1ccccc1. The highest BCUT2D eigenvalue weighted by Crippen LogP contribution is 2.88. The molecule has 272 valence electrons. The van der Waals surface area contributed by atoms with Gasteiger partial charge in [0.15, 0.2) is 11.2 Å². The van der Waals surface area contributed by atoms with Gasteiger partial charge in [-0.15, -0.1) is 0 Å². The Bertz CT molecular complexity index is 1880. The molecular formula is C39H44O12. The van der Waals surface area contributed by atoms with Gasteiger partial charge in [0.1, 0.15) is 29.5 Å². The molecule has 2 aromatic rings. The summed E-state index contributed by atoms with van der Waals surface area (Å²) in [5.74, 6) is -4.70. The first-order valence-corrected chi connectivity index (χ1v) is 17.9. The maximum atomic E-state index is 14.0. The number of hydrogen-bond acceptors (Lipinski definition) is 12. The number of methoxy groups -OCH3 is 1. The number of cyclic esters (lactones) is 1. The zero-order valence-electron chi connectivity index (χ0n) is 29.6. The minimum Gasteiger partial charge on any atom is -0.472 e. The van der Waals surface area contributed by atoms with Crippen LogP contribution in [-0.2, 0) is 38.0 Å². The highest BCUT2D eigenvalue weighted by atomic mass is 17.0. The van der Waals surface area contributed by atoms with Crippen LogP contribution in [-0.4, -0.2) is 75.8 Å². The van der Waals surface area contributed by atoms with Crippen molar-refractivity contribution >= 4 is 17.9 Å². The van der Waals surface area contributed by atoms with E-state index in [0.717, 1.165) is 0 Å². The topological polar surface area (TPSA) is 160 Å². The largest absolute Gasteiger partial charge is 0.472 e. The number of esters is 3. The van der Waals surface area contributed by atoms with Crippen LogP contribution in [0.1, 0.15) is 88.7 Å². The third-order valence-corrected chi connectivity index (χ3v) is 14.7. The van der Waals surface area contributed by atoms with Gasteiger partial charge < -0.3 is 43.1 Å². The van der Waals surface area contributed by atoms with Crippen molar-refractivity contribution in [2.75, 3.05) is 7.11 Å². The summed E-state index contributed by atoms with van der Waals surface area (Å²) in [5, 5.41) is 27.2. The van der Waals surface area contributed by atoms with Gasteiger partial charge in [-0.3, -0.25) is 4.79 Å². The maximum Gasteiger partial charge on any atom is 0.338 e. The summed E-state index contributed by atoms with van der Waals surface area (Å²) < 4.78 is 44.6. The van der Waals surface area contributed by atoms with E-state index in [1.165, 1.54) is 19.4 Å². The molecule has 1 aromatic carbocycles.